The number of aryl methyl sites for hydroxylation is 3. The van der Waals surface area contributed by atoms with Crippen molar-refractivity contribution in [1.82, 2.24) is 19.9 Å². The highest BCUT2D eigenvalue weighted by Crippen LogP contribution is 2.32. The Kier molecular flexibility index (Phi) is 6.15. The number of benzene rings is 1. The van der Waals surface area contributed by atoms with Gasteiger partial charge in [0.25, 0.3) is 0 Å². The van der Waals surface area contributed by atoms with E-state index in [1.807, 2.05) is 39.8 Å². The number of aliphatic imine (C=N–C) groups is 1. The van der Waals surface area contributed by atoms with E-state index in [9.17, 15) is 9.59 Å². The van der Waals surface area contributed by atoms with Crippen molar-refractivity contribution in [3.63, 3.8) is 0 Å². The first kappa shape index (κ1) is 22.1. The first-order valence-corrected chi connectivity index (χ1v) is 10.0. The van der Waals surface area contributed by atoms with E-state index >= 15 is 0 Å². The molecule has 7 nitrogen and oxygen atoms in total. The largest absolute Gasteiger partial charge is 0.324 e. The minimum Gasteiger partial charge on any atom is -0.308 e. The van der Waals surface area contributed by atoms with Crippen LogP contribution in [0.2, 0.25) is 0 Å². The van der Waals surface area contributed by atoms with Crippen LogP contribution < -0.4 is 5.69 Å². The highest BCUT2D eigenvalue weighted by atomic mass is 16.1. The smallest absolute Gasteiger partial charge is 0.308 e. The molecule has 3 aromatic rings. The lowest BCUT2D eigenvalue weighted by molar-refractivity contribution is -0.122. The molecule has 0 saturated heterocycles. The predicted octanol–water partition coefficient (Wildman–Crippen LogP) is 4.28. The van der Waals surface area contributed by atoms with Crippen molar-refractivity contribution in [3.05, 3.63) is 75.9 Å². The van der Waals surface area contributed by atoms with Crippen LogP contribution in [0.5, 0.6) is 0 Å². The van der Waals surface area contributed by atoms with Crippen LogP contribution in [0.3, 0.4) is 0 Å². The minimum absolute atomic E-state index is 0.0396. The van der Waals surface area contributed by atoms with Crippen molar-refractivity contribution >= 4 is 17.8 Å². The molecule has 31 heavy (non-hydrogen) atoms. The Hall–Kier alpha value is -3.61. The first-order chi connectivity index (χ1) is 14.6. The molecule has 0 bridgehead atoms. The molecule has 2 N–H and O–H groups in total. The zero-order valence-corrected chi connectivity index (χ0v) is 18.5. The normalized spacial score (nSPS) is 11.8. The summed E-state index contributed by atoms with van der Waals surface area (Å²) in [6.45, 7) is 13.4. The van der Waals surface area contributed by atoms with Gasteiger partial charge in [0.05, 0.1) is 5.69 Å². The molecule has 1 aromatic carbocycles. The Balaban J connectivity index is 1.76. The average Bonchev–Trinajstić information content (AvgIpc) is 3.03. The minimum atomic E-state index is -0.693. The molecule has 3 rings (SSSR count). The van der Waals surface area contributed by atoms with Gasteiger partial charge in [-0.15, -0.1) is 0 Å². The fourth-order valence-electron chi connectivity index (χ4n) is 3.46. The highest BCUT2D eigenvalue weighted by molar-refractivity contribution is 5.96. The van der Waals surface area contributed by atoms with Crippen LogP contribution in [0.25, 0.3) is 11.1 Å². The van der Waals surface area contributed by atoms with Crippen LogP contribution in [0.4, 0.5) is 5.82 Å². The quantitative estimate of drug-likeness (QED) is 0.560. The van der Waals surface area contributed by atoms with Crippen LogP contribution in [-0.2, 0) is 10.2 Å². The molecular formula is C24H27N5O2. The number of aromatic nitrogens is 4. The van der Waals surface area contributed by atoms with Crippen molar-refractivity contribution in [1.29, 1.82) is 0 Å². The number of imidazole rings is 1. The van der Waals surface area contributed by atoms with Gasteiger partial charge >= 0.3 is 5.69 Å². The molecule has 0 amide bonds. The van der Waals surface area contributed by atoms with E-state index in [2.05, 4.69) is 37.6 Å². The molecule has 0 spiro atoms. The molecular weight excluding hydrogens is 390 g/mol. The maximum absolute atomic E-state index is 13.1. The molecule has 0 aliphatic rings. The number of ketones is 1. The van der Waals surface area contributed by atoms with Gasteiger partial charge in [-0.1, -0.05) is 24.8 Å². The van der Waals surface area contributed by atoms with E-state index in [0.29, 0.717) is 17.1 Å². The molecule has 2 heterocycles. The van der Waals surface area contributed by atoms with E-state index in [0.717, 1.165) is 28.1 Å². The second-order valence-corrected chi connectivity index (χ2v) is 8.24. The SMILES string of the molecule is C=C(C=Nc1[nH]c(=O)[nH]c1C)CC(=O)C(C)(C)c1ccc(-c2cnc(C)nc2)cc1C. The maximum atomic E-state index is 13.1. The second kappa shape index (κ2) is 8.63. The molecule has 0 saturated carbocycles. The zero-order chi connectivity index (χ0) is 22.8. The van der Waals surface area contributed by atoms with Crippen LogP contribution in [0.15, 0.2) is 52.5 Å². The third-order valence-electron chi connectivity index (χ3n) is 5.36. The number of allylic oxidation sites excluding steroid dienone is 1. The van der Waals surface area contributed by atoms with E-state index in [1.165, 1.54) is 6.21 Å². The van der Waals surface area contributed by atoms with Crippen molar-refractivity contribution in [2.24, 2.45) is 4.99 Å². The third kappa shape index (κ3) is 4.94. The first-order valence-electron chi connectivity index (χ1n) is 10.0. The van der Waals surface area contributed by atoms with Gasteiger partial charge < -0.3 is 4.98 Å². The second-order valence-electron chi connectivity index (χ2n) is 8.24. The van der Waals surface area contributed by atoms with Gasteiger partial charge in [0, 0.05) is 36.0 Å². The molecule has 0 unspecified atom stereocenters. The van der Waals surface area contributed by atoms with Crippen LogP contribution in [-0.4, -0.2) is 31.9 Å². The van der Waals surface area contributed by atoms with Gasteiger partial charge in [0.2, 0.25) is 0 Å². The molecule has 0 radical (unpaired) electrons. The lowest BCUT2D eigenvalue weighted by Crippen LogP contribution is -2.30. The van der Waals surface area contributed by atoms with Gasteiger partial charge in [-0.2, -0.15) is 0 Å². The van der Waals surface area contributed by atoms with E-state index in [-0.39, 0.29) is 17.9 Å². The Bertz CT molecular complexity index is 1210. The summed E-state index contributed by atoms with van der Waals surface area (Å²) >= 11 is 0. The monoisotopic (exact) mass is 417 g/mol. The zero-order valence-electron chi connectivity index (χ0n) is 18.5. The number of hydrogen-bond acceptors (Lipinski definition) is 5. The van der Waals surface area contributed by atoms with E-state index in [4.69, 9.17) is 0 Å². The summed E-state index contributed by atoms with van der Waals surface area (Å²) in [4.78, 5) is 42.4. The van der Waals surface area contributed by atoms with E-state index < -0.39 is 5.41 Å². The van der Waals surface area contributed by atoms with Crippen molar-refractivity contribution in [2.45, 2.75) is 46.5 Å². The number of H-pyrrole nitrogens is 2. The summed E-state index contributed by atoms with van der Waals surface area (Å²) in [6, 6.07) is 6.04. The molecule has 0 aliphatic heterocycles. The van der Waals surface area contributed by atoms with Crippen molar-refractivity contribution < 1.29 is 4.79 Å². The number of Topliss-reactive ketones (excluding diaryl/α,β-unsaturated/α-hetero) is 1. The maximum Gasteiger partial charge on any atom is 0.324 e. The number of carbonyl (C=O) groups is 1. The number of aromatic amines is 2. The summed E-state index contributed by atoms with van der Waals surface area (Å²) in [5.41, 5.74) is 4.14. The lowest BCUT2D eigenvalue weighted by atomic mass is 9.76. The standard InChI is InChI=1S/C24H27N5O2/c1-14(11-27-22-16(3)28-23(31)29-22)9-21(30)24(5,6)20-8-7-18(10-15(20)2)19-12-25-17(4)26-13-19/h7-8,10-13H,1,9H2,2-6H3,(H2,28,29,31). The van der Waals surface area contributed by atoms with Gasteiger partial charge in [0.1, 0.15) is 11.6 Å². The number of nitrogens with one attached hydrogen (secondary N) is 2. The Morgan fingerprint density at radius 2 is 1.81 bits per heavy atom. The number of hydrogen-bond donors (Lipinski definition) is 2. The molecule has 7 heteroatoms. The topological polar surface area (TPSA) is 104 Å². The highest BCUT2D eigenvalue weighted by Gasteiger charge is 2.31. The summed E-state index contributed by atoms with van der Waals surface area (Å²) in [5.74, 6) is 1.20. The molecule has 0 fully saturated rings. The summed E-state index contributed by atoms with van der Waals surface area (Å²) < 4.78 is 0. The summed E-state index contributed by atoms with van der Waals surface area (Å²) in [7, 11) is 0. The van der Waals surface area contributed by atoms with Gasteiger partial charge in [0.15, 0.2) is 5.82 Å². The molecule has 0 aliphatic carbocycles. The van der Waals surface area contributed by atoms with Crippen molar-refractivity contribution in [3.8, 4) is 11.1 Å². The van der Waals surface area contributed by atoms with Crippen LogP contribution in [0.1, 0.15) is 42.9 Å². The summed E-state index contributed by atoms with van der Waals surface area (Å²) in [5, 5.41) is 0. The average molecular weight is 418 g/mol. The third-order valence-corrected chi connectivity index (χ3v) is 5.36. The van der Waals surface area contributed by atoms with Gasteiger partial charge in [-0.05, 0) is 56.9 Å². The van der Waals surface area contributed by atoms with Gasteiger partial charge in [-0.25, -0.2) is 19.8 Å². The van der Waals surface area contributed by atoms with Crippen molar-refractivity contribution in [2.75, 3.05) is 0 Å². The van der Waals surface area contributed by atoms with E-state index in [1.54, 1.807) is 19.3 Å². The molecule has 0 atom stereocenters. The number of nitrogens with zero attached hydrogens (tertiary/aromatic N) is 3. The Morgan fingerprint density at radius 3 is 2.39 bits per heavy atom. The predicted molar refractivity (Wildman–Crippen MR) is 123 cm³/mol. The lowest BCUT2D eigenvalue weighted by Gasteiger charge is -2.26. The summed E-state index contributed by atoms with van der Waals surface area (Å²) in [6.07, 6.45) is 5.29. The fourth-order valence-corrected chi connectivity index (χ4v) is 3.46. The molecule has 160 valence electrons. The number of carbonyl (C=O) groups excluding carboxylic acids is 1. The van der Waals surface area contributed by atoms with Gasteiger partial charge in [-0.3, -0.25) is 9.78 Å². The molecule has 2 aromatic heterocycles. The Morgan fingerprint density at radius 1 is 1.13 bits per heavy atom. The van der Waals surface area contributed by atoms with Crippen LogP contribution in [0, 0.1) is 20.8 Å². The fraction of sp³-hybridized carbons (Fsp3) is 0.292. The Labute approximate surface area is 181 Å². The number of rotatable bonds is 7. The van der Waals surface area contributed by atoms with Crippen LogP contribution >= 0.6 is 0 Å².